The lowest BCUT2D eigenvalue weighted by Gasteiger charge is -2.25. The van der Waals surface area contributed by atoms with Crippen molar-refractivity contribution in [2.45, 2.75) is 46.3 Å². The summed E-state index contributed by atoms with van der Waals surface area (Å²) >= 11 is 8.12. The van der Waals surface area contributed by atoms with Gasteiger partial charge in [-0.3, -0.25) is 4.57 Å². The molecule has 0 spiro atoms. The normalized spacial score (nSPS) is 16.3. The van der Waals surface area contributed by atoms with Gasteiger partial charge in [0.05, 0.1) is 24.2 Å². The molecular weight excluding hydrogens is 458 g/mol. The zero-order chi connectivity index (χ0) is 23.1. The highest BCUT2D eigenvalue weighted by atomic mass is 35.5. The number of aromatic nitrogens is 4. The quantitative estimate of drug-likeness (QED) is 0.323. The summed E-state index contributed by atoms with van der Waals surface area (Å²) in [5.41, 5.74) is 5.14. The van der Waals surface area contributed by atoms with Crippen LogP contribution in [0.4, 0.5) is 11.4 Å². The molecule has 1 unspecified atom stereocenters. The van der Waals surface area contributed by atoms with E-state index < -0.39 is 0 Å². The van der Waals surface area contributed by atoms with Crippen molar-refractivity contribution in [2.24, 2.45) is 0 Å². The lowest BCUT2D eigenvalue weighted by Crippen LogP contribution is -2.19. The molecule has 3 aromatic heterocycles. The Morgan fingerprint density at radius 2 is 1.97 bits per heavy atom. The van der Waals surface area contributed by atoms with E-state index in [-0.39, 0.29) is 6.23 Å². The largest absolute Gasteiger partial charge is 0.495 e. The molecule has 5 rings (SSSR count). The van der Waals surface area contributed by atoms with Gasteiger partial charge in [0, 0.05) is 23.1 Å². The Morgan fingerprint density at radius 3 is 2.67 bits per heavy atom. The van der Waals surface area contributed by atoms with Gasteiger partial charge >= 0.3 is 0 Å². The fourth-order valence-electron chi connectivity index (χ4n) is 4.18. The van der Waals surface area contributed by atoms with Gasteiger partial charge in [-0.05, 0) is 58.2 Å². The van der Waals surface area contributed by atoms with Gasteiger partial charge in [-0.15, -0.1) is 11.3 Å². The summed E-state index contributed by atoms with van der Waals surface area (Å²) in [4.78, 5) is 15.3. The molecule has 0 amide bonds. The van der Waals surface area contributed by atoms with Crippen LogP contribution in [-0.2, 0) is 4.74 Å². The van der Waals surface area contributed by atoms with Crippen LogP contribution in [0.3, 0.4) is 0 Å². The van der Waals surface area contributed by atoms with Crippen molar-refractivity contribution in [1.29, 1.82) is 0 Å². The number of hydrogen-bond acceptors (Lipinski definition) is 7. The van der Waals surface area contributed by atoms with E-state index in [9.17, 15) is 0 Å². The van der Waals surface area contributed by atoms with E-state index >= 15 is 0 Å². The minimum absolute atomic E-state index is 0.0680. The summed E-state index contributed by atoms with van der Waals surface area (Å²) in [5.74, 6) is 1.57. The molecule has 1 aliphatic heterocycles. The minimum atomic E-state index is -0.0680. The average Bonchev–Trinajstić information content (AvgIpc) is 3.32. The molecule has 172 valence electrons. The van der Waals surface area contributed by atoms with Crippen molar-refractivity contribution in [2.75, 3.05) is 19.0 Å². The first kappa shape index (κ1) is 22.1. The summed E-state index contributed by atoms with van der Waals surface area (Å²) < 4.78 is 13.8. The lowest BCUT2D eigenvalue weighted by atomic mass is 10.2. The third kappa shape index (κ3) is 4.18. The maximum atomic E-state index is 6.44. The first-order valence-corrected chi connectivity index (χ1v) is 12.2. The number of imidazole rings is 1. The van der Waals surface area contributed by atoms with Crippen LogP contribution >= 0.6 is 22.9 Å². The summed E-state index contributed by atoms with van der Waals surface area (Å²) in [7, 11) is 1.66. The Hall–Kier alpha value is -2.68. The van der Waals surface area contributed by atoms with Crippen LogP contribution in [0, 0.1) is 20.8 Å². The number of pyridine rings is 1. The molecule has 1 saturated heterocycles. The maximum Gasteiger partial charge on any atom is 0.166 e. The van der Waals surface area contributed by atoms with E-state index in [1.807, 2.05) is 32.0 Å². The molecular formula is C24H26ClN5O2S. The summed E-state index contributed by atoms with van der Waals surface area (Å²) in [6.45, 7) is 6.84. The van der Waals surface area contributed by atoms with Gasteiger partial charge in [0.15, 0.2) is 5.65 Å². The summed E-state index contributed by atoms with van der Waals surface area (Å²) in [5, 5.41) is 4.84. The number of halogens is 1. The Kier molecular flexibility index (Phi) is 5.99. The summed E-state index contributed by atoms with van der Waals surface area (Å²) in [6.07, 6.45) is 3.08. The van der Waals surface area contributed by atoms with Crippen LogP contribution in [0.5, 0.6) is 5.75 Å². The highest BCUT2D eigenvalue weighted by Gasteiger charge is 2.23. The third-order valence-corrected chi connectivity index (χ3v) is 7.30. The molecule has 0 aliphatic carbocycles. The highest BCUT2D eigenvalue weighted by molar-refractivity contribution is 7.15. The van der Waals surface area contributed by atoms with Crippen molar-refractivity contribution in [3.63, 3.8) is 0 Å². The maximum absolute atomic E-state index is 6.44. The number of ether oxygens (including phenoxy) is 2. The number of nitrogens with one attached hydrogen (secondary N) is 1. The molecule has 7 nitrogen and oxygen atoms in total. The monoisotopic (exact) mass is 483 g/mol. The third-order valence-electron chi connectivity index (χ3n) is 5.98. The molecule has 1 aliphatic rings. The SMILES string of the molecule is COc1cc(-c2nc(C)c(C)s2)ccc1Nc1cc(Cl)nc2c1nc(C)n2C1CCCCO1. The van der Waals surface area contributed by atoms with Crippen molar-refractivity contribution < 1.29 is 9.47 Å². The molecule has 4 aromatic rings. The second-order valence-corrected chi connectivity index (χ2v) is 9.81. The Labute approximate surface area is 201 Å². The number of methoxy groups -OCH3 is 1. The van der Waals surface area contributed by atoms with Crippen LogP contribution in [0.25, 0.3) is 21.7 Å². The summed E-state index contributed by atoms with van der Waals surface area (Å²) in [6, 6.07) is 7.83. The number of rotatable bonds is 5. The molecule has 0 radical (unpaired) electrons. The predicted molar refractivity (Wildman–Crippen MR) is 133 cm³/mol. The van der Waals surface area contributed by atoms with Gasteiger partial charge in [-0.1, -0.05) is 11.6 Å². The molecule has 1 fully saturated rings. The van der Waals surface area contributed by atoms with Crippen LogP contribution in [-0.4, -0.2) is 33.2 Å². The van der Waals surface area contributed by atoms with Crippen LogP contribution in [0.15, 0.2) is 24.3 Å². The lowest BCUT2D eigenvalue weighted by molar-refractivity contribution is -0.0309. The van der Waals surface area contributed by atoms with Crippen molar-refractivity contribution in [3.8, 4) is 16.3 Å². The van der Waals surface area contributed by atoms with E-state index in [2.05, 4.69) is 26.8 Å². The van der Waals surface area contributed by atoms with Gasteiger partial charge in [0.1, 0.15) is 33.5 Å². The van der Waals surface area contributed by atoms with Gasteiger partial charge in [-0.2, -0.15) is 0 Å². The molecule has 1 N–H and O–H groups in total. The van der Waals surface area contributed by atoms with Crippen LogP contribution in [0.2, 0.25) is 5.15 Å². The van der Waals surface area contributed by atoms with E-state index in [1.54, 1.807) is 24.5 Å². The Morgan fingerprint density at radius 1 is 1.12 bits per heavy atom. The van der Waals surface area contributed by atoms with Crippen molar-refractivity contribution in [3.05, 3.63) is 45.8 Å². The zero-order valence-electron chi connectivity index (χ0n) is 19.1. The number of anilines is 2. The van der Waals surface area contributed by atoms with Crippen molar-refractivity contribution in [1.82, 2.24) is 19.5 Å². The van der Waals surface area contributed by atoms with E-state index in [0.29, 0.717) is 10.9 Å². The number of nitrogens with zero attached hydrogens (tertiary/aromatic N) is 4. The first-order valence-electron chi connectivity index (χ1n) is 11.0. The molecule has 1 aromatic carbocycles. The van der Waals surface area contributed by atoms with E-state index in [0.717, 1.165) is 70.5 Å². The molecule has 0 saturated carbocycles. The van der Waals surface area contributed by atoms with Gasteiger partial charge in [-0.25, -0.2) is 15.0 Å². The first-order chi connectivity index (χ1) is 15.9. The predicted octanol–water partition coefficient (Wildman–Crippen LogP) is 6.58. The van der Waals surface area contributed by atoms with Gasteiger partial charge in [0.25, 0.3) is 0 Å². The van der Waals surface area contributed by atoms with Crippen molar-refractivity contribution >= 4 is 45.5 Å². The second kappa shape index (κ2) is 8.93. The minimum Gasteiger partial charge on any atom is -0.495 e. The highest BCUT2D eigenvalue weighted by Crippen LogP contribution is 2.38. The fourth-order valence-corrected chi connectivity index (χ4v) is 5.28. The smallest absolute Gasteiger partial charge is 0.166 e. The topological polar surface area (TPSA) is 74.1 Å². The van der Waals surface area contributed by atoms with E-state index in [1.165, 1.54) is 4.88 Å². The number of fused-ring (bicyclic) bond motifs is 1. The Bertz CT molecular complexity index is 1310. The molecule has 0 bridgehead atoms. The average molecular weight is 484 g/mol. The number of thiazole rings is 1. The Balaban J connectivity index is 1.53. The van der Waals surface area contributed by atoms with Gasteiger partial charge < -0.3 is 14.8 Å². The van der Waals surface area contributed by atoms with E-state index in [4.69, 9.17) is 26.1 Å². The standard InChI is InChI=1S/C24H26ClN5O2S/c1-13-14(2)33-24(26-13)16-8-9-17(19(11-16)31-4)28-18-12-20(25)29-23-22(18)27-15(3)30(23)21-7-5-6-10-32-21/h8-9,11-12,21H,5-7,10H2,1-4H3,(H,28,29). The van der Waals surface area contributed by atoms with Crippen LogP contribution < -0.4 is 10.1 Å². The zero-order valence-corrected chi connectivity index (χ0v) is 20.7. The molecule has 33 heavy (non-hydrogen) atoms. The molecule has 9 heteroatoms. The number of hydrogen-bond donors (Lipinski definition) is 1. The fraction of sp³-hybridized carbons (Fsp3) is 0.375. The number of aryl methyl sites for hydroxylation is 3. The van der Waals surface area contributed by atoms with Crippen LogP contribution in [0.1, 0.15) is 41.9 Å². The molecule has 4 heterocycles. The molecule has 1 atom stereocenters. The van der Waals surface area contributed by atoms with Gasteiger partial charge in [0.2, 0.25) is 0 Å². The second-order valence-electron chi connectivity index (χ2n) is 8.22. The number of benzene rings is 1.